The second-order valence-corrected chi connectivity index (χ2v) is 2.83. The number of rotatable bonds is 5. The van der Waals surface area contributed by atoms with E-state index in [1.165, 1.54) is 0 Å². The minimum atomic E-state index is -1.13. The van der Waals surface area contributed by atoms with E-state index in [1.54, 1.807) is 0 Å². The van der Waals surface area contributed by atoms with Gasteiger partial charge in [-0.25, -0.2) is 4.79 Å². The first-order valence-corrected chi connectivity index (χ1v) is 4.20. The van der Waals surface area contributed by atoms with E-state index in [2.05, 4.69) is 24.9 Å². The summed E-state index contributed by atoms with van der Waals surface area (Å²) in [6, 6.07) is 0. The van der Waals surface area contributed by atoms with Crippen LogP contribution in [0.3, 0.4) is 0 Å². The molecule has 0 radical (unpaired) electrons. The molecule has 0 aromatic carbocycles. The molecule has 76 valence electrons. The van der Waals surface area contributed by atoms with Crippen molar-refractivity contribution in [3.8, 4) is 0 Å². The molecule has 2 N–H and O–H groups in total. The normalized spacial score (nSPS) is 9.71. The Kier molecular flexibility index (Phi) is 3.88. The van der Waals surface area contributed by atoms with Gasteiger partial charge in [0.25, 0.3) is 5.91 Å². The summed E-state index contributed by atoms with van der Waals surface area (Å²) in [5.41, 5.74) is 0. The molecule has 0 aliphatic carbocycles. The third kappa shape index (κ3) is 3.87. The highest BCUT2D eigenvalue weighted by molar-refractivity contribution is 7.09. The van der Waals surface area contributed by atoms with Gasteiger partial charge < -0.3 is 9.84 Å². The molecule has 1 amide bonds. The summed E-state index contributed by atoms with van der Waals surface area (Å²) in [6.45, 7) is -0.854. The number of amides is 1. The van der Waals surface area contributed by atoms with Crippen LogP contribution < -0.4 is 5.32 Å². The number of anilines is 1. The van der Waals surface area contributed by atoms with Gasteiger partial charge in [0.1, 0.15) is 13.2 Å². The molecule has 8 nitrogen and oxygen atoms in total. The number of ether oxygens (including phenoxy) is 1. The van der Waals surface area contributed by atoms with Gasteiger partial charge in [0.05, 0.1) is 0 Å². The highest BCUT2D eigenvalue weighted by Gasteiger charge is 2.06. The zero-order valence-electron chi connectivity index (χ0n) is 6.84. The summed E-state index contributed by atoms with van der Waals surface area (Å²) in [5, 5.41) is 17.5. The van der Waals surface area contributed by atoms with Crippen LogP contribution in [0.1, 0.15) is 0 Å². The fraction of sp³-hybridized carbons (Fsp3) is 0.400. The van der Waals surface area contributed by atoms with Gasteiger partial charge in [-0.3, -0.25) is 10.1 Å². The van der Waals surface area contributed by atoms with Gasteiger partial charge >= 0.3 is 5.97 Å². The molecule has 0 saturated heterocycles. The third-order valence-electron chi connectivity index (χ3n) is 1.00. The first kappa shape index (κ1) is 10.5. The molecule has 0 aliphatic heterocycles. The van der Waals surface area contributed by atoms with Crippen LogP contribution in [0, 0.1) is 0 Å². The van der Waals surface area contributed by atoms with Crippen LogP contribution in [0.5, 0.6) is 0 Å². The number of carboxylic acids is 1. The maximum absolute atomic E-state index is 11.0. The largest absolute Gasteiger partial charge is 0.480 e. The van der Waals surface area contributed by atoms with Gasteiger partial charge in [0.2, 0.25) is 5.13 Å². The summed E-state index contributed by atoms with van der Waals surface area (Å²) in [4.78, 5) is 21.0. The third-order valence-corrected chi connectivity index (χ3v) is 1.52. The van der Waals surface area contributed by atoms with Crippen molar-refractivity contribution in [2.45, 2.75) is 0 Å². The number of carbonyl (C=O) groups is 2. The Bertz CT molecular complexity index is 314. The number of aromatic nitrogens is 3. The Morgan fingerprint density at radius 1 is 1.50 bits per heavy atom. The Hall–Kier alpha value is -1.61. The molecule has 0 spiro atoms. The van der Waals surface area contributed by atoms with E-state index < -0.39 is 18.5 Å². The van der Waals surface area contributed by atoms with E-state index in [4.69, 9.17) is 5.11 Å². The Balaban J connectivity index is 2.20. The molecule has 1 rings (SSSR count). The summed E-state index contributed by atoms with van der Waals surface area (Å²) < 4.78 is 7.94. The van der Waals surface area contributed by atoms with Crippen LogP contribution in [-0.2, 0) is 14.3 Å². The Labute approximate surface area is 82.0 Å². The zero-order chi connectivity index (χ0) is 10.4. The van der Waals surface area contributed by atoms with Crippen molar-refractivity contribution < 1.29 is 19.4 Å². The van der Waals surface area contributed by atoms with E-state index in [-0.39, 0.29) is 11.7 Å². The van der Waals surface area contributed by atoms with Crippen LogP contribution in [0.25, 0.3) is 0 Å². The average molecular weight is 218 g/mol. The molecular formula is C5H6N4O4S. The van der Waals surface area contributed by atoms with Gasteiger partial charge in [-0.1, -0.05) is 9.59 Å². The maximum atomic E-state index is 11.0. The average Bonchev–Trinajstić information content (AvgIpc) is 2.56. The molecule has 14 heavy (non-hydrogen) atoms. The Morgan fingerprint density at radius 3 is 2.86 bits per heavy atom. The molecule has 0 atom stereocenters. The summed E-state index contributed by atoms with van der Waals surface area (Å²) in [7, 11) is 0. The monoisotopic (exact) mass is 218 g/mol. The van der Waals surface area contributed by atoms with Crippen LogP contribution in [0.2, 0.25) is 0 Å². The van der Waals surface area contributed by atoms with Gasteiger partial charge in [-0.15, -0.1) is 0 Å². The lowest BCUT2D eigenvalue weighted by molar-refractivity contribution is -0.143. The quantitative estimate of drug-likeness (QED) is 0.649. The molecule has 1 heterocycles. The van der Waals surface area contributed by atoms with Crippen LogP contribution >= 0.6 is 11.5 Å². The van der Waals surface area contributed by atoms with Crippen molar-refractivity contribution in [3.63, 3.8) is 0 Å². The van der Waals surface area contributed by atoms with Crippen molar-refractivity contribution in [1.82, 2.24) is 14.8 Å². The lowest BCUT2D eigenvalue weighted by Gasteiger charge is -1.99. The lowest BCUT2D eigenvalue weighted by atomic mass is 10.6. The number of hydrogen-bond acceptors (Lipinski definition) is 7. The predicted octanol–water partition coefficient (Wildman–Crippen LogP) is -1.03. The van der Waals surface area contributed by atoms with Gasteiger partial charge in [-0.2, -0.15) is 0 Å². The highest BCUT2D eigenvalue weighted by atomic mass is 32.1. The van der Waals surface area contributed by atoms with Crippen LogP contribution in [0.4, 0.5) is 5.13 Å². The Morgan fingerprint density at radius 2 is 2.29 bits per heavy atom. The number of nitrogens with zero attached hydrogens (tertiary/aromatic N) is 3. The molecular weight excluding hydrogens is 212 g/mol. The molecule has 0 saturated carbocycles. The molecule has 0 unspecified atom stereocenters. The van der Waals surface area contributed by atoms with Crippen molar-refractivity contribution in [3.05, 3.63) is 0 Å². The standard InChI is InChI=1S/C5H6N4O4S/c10-3(1-13-2-4(11)12)6-5-7-8-9-14-5/h1-2H2,(H,11,12)(H,6,7,9,10). The van der Waals surface area contributed by atoms with Gasteiger partial charge in [0.15, 0.2) is 0 Å². The fourth-order valence-electron chi connectivity index (χ4n) is 0.568. The van der Waals surface area contributed by atoms with E-state index in [1.807, 2.05) is 0 Å². The van der Waals surface area contributed by atoms with Crippen molar-refractivity contribution >= 4 is 28.5 Å². The number of carboxylic acid groups (broad SMARTS) is 1. The van der Waals surface area contributed by atoms with Crippen LogP contribution in [0.15, 0.2) is 0 Å². The molecule has 1 aromatic heterocycles. The molecule has 0 fully saturated rings. The van der Waals surface area contributed by atoms with E-state index in [0.29, 0.717) is 0 Å². The minimum Gasteiger partial charge on any atom is -0.480 e. The predicted molar refractivity (Wildman–Crippen MR) is 44.8 cm³/mol. The maximum Gasteiger partial charge on any atom is 0.329 e. The number of hydrogen-bond donors (Lipinski definition) is 2. The number of carbonyl (C=O) groups excluding carboxylic acids is 1. The van der Waals surface area contributed by atoms with Crippen molar-refractivity contribution in [2.24, 2.45) is 0 Å². The first-order chi connectivity index (χ1) is 6.68. The van der Waals surface area contributed by atoms with E-state index in [0.717, 1.165) is 11.5 Å². The second-order valence-electron chi connectivity index (χ2n) is 2.10. The second kappa shape index (κ2) is 5.19. The fourth-order valence-corrected chi connectivity index (χ4v) is 0.951. The smallest absolute Gasteiger partial charge is 0.329 e. The summed E-state index contributed by atoms with van der Waals surface area (Å²) in [5.74, 6) is -1.62. The highest BCUT2D eigenvalue weighted by Crippen LogP contribution is 2.03. The molecule has 0 aliphatic rings. The summed E-state index contributed by atoms with van der Waals surface area (Å²) >= 11 is 0.915. The van der Waals surface area contributed by atoms with Crippen molar-refractivity contribution in [1.29, 1.82) is 0 Å². The zero-order valence-corrected chi connectivity index (χ0v) is 7.65. The van der Waals surface area contributed by atoms with Gasteiger partial charge in [-0.05, 0) is 5.21 Å². The van der Waals surface area contributed by atoms with Crippen molar-refractivity contribution in [2.75, 3.05) is 18.5 Å². The SMILES string of the molecule is O=C(O)COCC(=O)Nc1nnns1. The van der Waals surface area contributed by atoms with Crippen LogP contribution in [-0.4, -0.2) is 45.0 Å². The van der Waals surface area contributed by atoms with E-state index >= 15 is 0 Å². The lowest BCUT2D eigenvalue weighted by Crippen LogP contribution is -2.20. The van der Waals surface area contributed by atoms with Gasteiger partial charge in [0, 0.05) is 11.5 Å². The van der Waals surface area contributed by atoms with E-state index in [9.17, 15) is 9.59 Å². The summed E-state index contributed by atoms with van der Waals surface area (Å²) in [6.07, 6.45) is 0. The first-order valence-electron chi connectivity index (χ1n) is 3.43. The number of nitrogens with one attached hydrogen (secondary N) is 1. The molecule has 9 heteroatoms. The molecule has 1 aromatic rings. The number of aliphatic carboxylic acids is 1. The molecule has 0 bridgehead atoms. The minimum absolute atomic E-state index is 0.244. The topological polar surface area (TPSA) is 114 Å².